The van der Waals surface area contributed by atoms with E-state index in [1.165, 1.54) is 39.8 Å². The van der Waals surface area contributed by atoms with Gasteiger partial charge in [0.25, 0.3) is 0 Å². The van der Waals surface area contributed by atoms with Crippen molar-refractivity contribution in [2.24, 2.45) is 0 Å². The van der Waals surface area contributed by atoms with Gasteiger partial charge in [0.05, 0.1) is 5.75 Å². The van der Waals surface area contributed by atoms with Crippen LogP contribution in [-0.2, 0) is 10.5 Å². The third-order valence-electron chi connectivity index (χ3n) is 4.60. The lowest BCUT2D eigenvalue weighted by molar-refractivity contribution is -0.113. The number of nitrogens with zero attached hydrogens (tertiary/aromatic N) is 2. The Morgan fingerprint density at radius 2 is 1.72 bits per heavy atom. The SMILES string of the molecule is Cc1cccc(NC(=O)CSc2nnc(SCc3ccc(C(C)C)cc3)s2)c1C. The van der Waals surface area contributed by atoms with Gasteiger partial charge in [-0.15, -0.1) is 10.2 Å². The third-order valence-corrected chi connectivity index (χ3v) is 7.86. The predicted molar refractivity (Wildman–Crippen MR) is 125 cm³/mol. The molecule has 0 aliphatic heterocycles. The van der Waals surface area contributed by atoms with E-state index in [9.17, 15) is 4.79 Å². The molecule has 0 spiro atoms. The number of thioether (sulfide) groups is 2. The van der Waals surface area contributed by atoms with Crippen LogP contribution in [0.25, 0.3) is 0 Å². The fourth-order valence-electron chi connectivity index (χ4n) is 2.66. The minimum absolute atomic E-state index is 0.0293. The molecule has 3 aromatic rings. The number of benzene rings is 2. The molecule has 4 nitrogen and oxygen atoms in total. The molecule has 0 saturated heterocycles. The van der Waals surface area contributed by atoms with Crippen LogP contribution in [0.2, 0.25) is 0 Å². The Morgan fingerprint density at radius 3 is 2.41 bits per heavy atom. The van der Waals surface area contributed by atoms with Gasteiger partial charge in [0.15, 0.2) is 8.68 Å². The summed E-state index contributed by atoms with van der Waals surface area (Å²) < 4.78 is 1.74. The van der Waals surface area contributed by atoms with Gasteiger partial charge in [-0.1, -0.05) is 85.1 Å². The van der Waals surface area contributed by atoms with Crippen molar-refractivity contribution < 1.29 is 4.79 Å². The van der Waals surface area contributed by atoms with Gasteiger partial charge in [-0.25, -0.2) is 0 Å². The molecule has 2 aromatic carbocycles. The van der Waals surface area contributed by atoms with Crippen molar-refractivity contribution in [1.82, 2.24) is 10.2 Å². The summed E-state index contributed by atoms with van der Waals surface area (Å²) in [5, 5.41) is 11.4. The number of aromatic nitrogens is 2. The minimum Gasteiger partial charge on any atom is -0.325 e. The molecule has 0 radical (unpaired) electrons. The summed E-state index contributed by atoms with van der Waals surface area (Å²) in [6.45, 7) is 8.46. The monoisotopic (exact) mass is 443 g/mol. The number of carbonyl (C=O) groups is 1. The predicted octanol–water partition coefficient (Wildman–Crippen LogP) is 6.30. The average Bonchev–Trinajstić information content (AvgIpc) is 3.16. The molecule has 7 heteroatoms. The zero-order valence-corrected chi connectivity index (χ0v) is 19.5. The summed E-state index contributed by atoms with van der Waals surface area (Å²) in [6.07, 6.45) is 0. The standard InChI is InChI=1S/C22H25N3OS3/c1-14(2)18-10-8-17(9-11-18)12-27-21-24-25-22(29-21)28-13-20(26)23-19-7-5-6-15(3)16(19)4/h5-11,14H,12-13H2,1-4H3,(H,23,26). The van der Waals surface area contributed by atoms with E-state index >= 15 is 0 Å². The van der Waals surface area contributed by atoms with Gasteiger partial charge >= 0.3 is 0 Å². The summed E-state index contributed by atoms with van der Waals surface area (Å²) in [5.74, 6) is 1.71. The molecule has 0 atom stereocenters. The second-order valence-electron chi connectivity index (χ2n) is 7.10. The lowest BCUT2D eigenvalue weighted by Crippen LogP contribution is -2.15. The molecule has 1 heterocycles. The first-order chi connectivity index (χ1) is 13.9. The van der Waals surface area contributed by atoms with E-state index in [0.29, 0.717) is 11.7 Å². The Morgan fingerprint density at radius 1 is 1.03 bits per heavy atom. The summed E-state index contributed by atoms with van der Waals surface area (Å²) in [6, 6.07) is 14.7. The van der Waals surface area contributed by atoms with Crippen LogP contribution in [0.1, 0.15) is 42.0 Å². The number of hydrogen-bond acceptors (Lipinski definition) is 6. The first-order valence-electron chi connectivity index (χ1n) is 9.46. The van der Waals surface area contributed by atoms with Crippen molar-refractivity contribution in [3.05, 3.63) is 64.7 Å². The molecule has 29 heavy (non-hydrogen) atoms. The highest BCUT2D eigenvalue weighted by atomic mass is 32.2. The molecule has 0 unspecified atom stereocenters. The number of anilines is 1. The van der Waals surface area contributed by atoms with Gasteiger partial charge in [0, 0.05) is 11.4 Å². The van der Waals surface area contributed by atoms with Crippen LogP contribution in [0.15, 0.2) is 51.1 Å². The number of carbonyl (C=O) groups excluding carboxylic acids is 1. The van der Waals surface area contributed by atoms with Crippen molar-refractivity contribution >= 4 is 46.5 Å². The van der Waals surface area contributed by atoms with Gasteiger partial charge in [-0.2, -0.15) is 0 Å². The summed E-state index contributed by atoms with van der Waals surface area (Å²) >= 11 is 4.64. The Kier molecular flexibility index (Phi) is 7.75. The van der Waals surface area contributed by atoms with E-state index < -0.39 is 0 Å². The quantitative estimate of drug-likeness (QED) is 0.414. The Balaban J connectivity index is 1.47. The van der Waals surface area contributed by atoms with Crippen molar-refractivity contribution in [3.8, 4) is 0 Å². The third kappa shape index (κ3) is 6.32. The van der Waals surface area contributed by atoms with Crippen molar-refractivity contribution in [2.75, 3.05) is 11.1 Å². The largest absolute Gasteiger partial charge is 0.325 e. The first kappa shape index (κ1) is 21.9. The normalized spacial score (nSPS) is 11.1. The van der Waals surface area contributed by atoms with Gasteiger partial charge in [0.1, 0.15) is 0 Å². The smallest absolute Gasteiger partial charge is 0.234 e. The van der Waals surface area contributed by atoms with Crippen LogP contribution in [0.5, 0.6) is 0 Å². The van der Waals surface area contributed by atoms with Gasteiger partial charge in [-0.3, -0.25) is 4.79 Å². The number of rotatable bonds is 8. The highest BCUT2D eigenvalue weighted by molar-refractivity contribution is 8.03. The topological polar surface area (TPSA) is 54.9 Å². The molecule has 0 aliphatic rings. The van der Waals surface area contributed by atoms with Gasteiger partial charge in [0.2, 0.25) is 5.91 Å². The molecule has 3 rings (SSSR count). The zero-order valence-electron chi connectivity index (χ0n) is 17.1. The van der Waals surface area contributed by atoms with Crippen LogP contribution < -0.4 is 5.32 Å². The molecule has 1 amide bonds. The van der Waals surface area contributed by atoms with E-state index in [-0.39, 0.29) is 5.91 Å². The second kappa shape index (κ2) is 10.3. The lowest BCUT2D eigenvalue weighted by atomic mass is 10.0. The van der Waals surface area contributed by atoms with Crippen LogP contribution >= 0.6 is 34.9 Å². The van der Waals surface area contributed by atoms with Crippen LogP contribution in [0.3, 0.4) is 0 Å². The van der Waals surface area contributed by atoms with Gasteiger partial charge < -0.3 is 5.32 Å². The summed E-state index contributed by atoms with van der Waals surface area (Å²) in [7, 11) is 0. The molecule has 1 N–H and O–H groups in total. The maximum atomic E-state index is 12.3. The summed E-state index contributed by atoms with van der Waals surface area (Å²) in [5.41, 5.74) is 5.76. The van der Waals surface area contributed by atoms with E-state index in [0.717, 1.165) is 25.7 Å². The van der Waals surface area contributed by atoms with Crippen molar-refractivity contribution in [1.29, 1.82) is 0 Å². The molecule has 0 aliphatic carbocycles. The first-order valence-corrected chi connectivity index (χ1v) is 12.2. The van der Waals surface area contributed by atoms with E-state index in [1.54, 1.807) is 11.8 Å². The lowest BCUT2D eigenvalue weighted by Gasteiger charge is -2.09. The fraction of sp³-hybridized carbons (Fsp3) is 0.318. The second-order valence-corrected chi connectivity index (χ2v) is 10.5. The minimum atomic E-state index is -0.0293. The Hall–Kier alpha value is -1.83. The van der Waals surface area contributed by atoms with Crippen molar-refractivity contribution in [2.45, 2.75) is 48.0 Å². The highest BCUT2D eigenvalue weighted by Crippen LogP contribution is 2.31. The van der Waals surface area contributed by atoms with Gasteiger partial charge in [-0.05, 0) is 48.1 Å². The molecule has 0 bridgehead atoms. The zero-order chi connectivity index (χ0) is 20.8. The molecular weight excluding hydrogens is 418 g/mol. The average molecular weight is 444 g/mol. The van der Waals surface area contributed by atoms with Crippen LogP contribution in [0, 0.1) is 13.8 Å². The molecule has 1 aromatic heterocycles. The highest BCUT2D eigenvalue weighted by Gasteiger charge is 2.11. The number of nitrogens with one attached hydrogen (secondary N) is 1. The number of aryl methyl sites for hydroxylation is 1. The maximum Gasteiger partial charge on any atom is 0.234 e. The fourth-order valence-corrected chi connectivity index (χ4v) is 5.43. The van der Waals surface area contributed by atoms with Crippen molar-refractivity contribution in [3.63, 3.8) is 0 Å². The Bertz CT molecular complexity index is 968. The Labute approximate surface area is 184 Å². The number of hydrogen-bond donors (Lipinski definition) is 1. The molecule has 152 valence electrons. The summed E-state index contributed by atoms with van der Waals surface area (Å²) in [4.78, 5) is 12.3. The molecule has 0 fully saturated rings. The molecule has 0 saturated carbocycles. The van der Waals surface area contributed by atoms with Crippen LogP contribution in [0.4, 0.5) is 5.69 Å². The van der Waals surface area contributed by atoms with E-state index in [1.807, 2.05) is 32.0 Å². The number of amides is 1. The van der Waals surface area contributed by atoms with E-state index in [2.05, 4.69) is 53.6 Å². The maximum absolute atomic E-state index is 12.3. The molecular formula is C22H25N3OS3. The van der Waals surface area contributed by atoms with E-state index in [4.69, 9.17) is 0 Å². The van der Waals surface area contributed by atoms with Crippen LogP contribution in [-0.4, -0.2) is 21.9 Å².